The van der Waals surface area contributed by atoms with Crippen molar-refractivity contribution in [1.82, 2.24) is 24.5 Å². The van der Waals surface area contributed by atoms with E-state index < -0.39 is 0 Å². The van der Waals surface area contributed by atoms with Crippen LogP contribution in [0.4, 0.5) is 0 Å². The minimum atomic E-state index is 0.0699. The molecular formula is C13H18ClN5O. The summed E-state index contributed by atoms with van der Waals surface area (Å²) in [6.45, 7) is 3.92. The molecule has 108 valence electrons. The molecule has 0 saturated heterocycles. The largest absolute Gasteiger partial charge is 0.340 e. The Bertz CT molecular complexity index is 577. The number of rotatable bonds is 6. The van der Waals surface area contributed by atoms with Crippen LogP contribution in [0.25, 0.3) is 0 Å². The molecule has 0 bridgehead atoms. The number of amides is 1. The lowest BCUT2D eigenvalue weighted by Crippen LogP contribution is -2.28. The zero-order valence-corrected chi connectivity index (χ0v) is 12.4. The summed E-state index contributed by atoms with van der Waals surface area (Å²) >= 11 is 5.78. The van der Waals surface area contributed by atoms with Crippen molar-refractivity contribution in [3.8, 4) is 0 Å². The molecule has 2 aromatic heterocycles. The molecule has 2 heterocycles. The molecule has 0 spiro atoms. The lowest BCUT2D eigenvalue weighted by Gasteiger charge is -2.17. The molecule has 7 heteroatoms. The Morgan fingerprint density at radius 1 is 1.45 bits per heavy atom. The van der Waals surface area contributed by atoms with Gasteiger partial charge in [0.15, 0.2) is 0 Å². The fourth-order valence-corrected chi connectivity index (χ4v) is 2.13. The van der Waals surface area contributed by atoms with Crippen molar-refractivity contribution in [3.63, 3.8) is 0 Å². The number of carbonyl (C=O) groups excluding carboxylic acids is 1. The van der Waals surface area contributed by atoms with Gasteiger partial charge in [-0.3, -0.25) is 14.2 Å². The standard InChI is InChI=1S/C13H18ClN5O/c1-3-19-12(4-6-15-19)10-17(2)13(20)5-7-18-9-11(14)8-16-18/h4,6,8-9H,3,5,7,10H2,1-2H3. The first-order chi connectivity index (χ1) is 9.60. The molecular weight excluding hydrogens is 278 g/mol. The van der Waals surface area contributed by atoms with E-state index in [0.29, 0.717) is 24.5 Å². The normalized spacial score (nSPS) is 10.8. The summed E-state index contributed by atoms with van der Waals surface area (Å²) in [5.41, 5.74) is 1.03. The maximum atomic E-state index is 12.1. The summed E-state index contributed by atoms with van der Waals surface area (Å²) in [4.78, 5) is 13.8. The third kappa shape index (κ3) is 3.60. The van der Waals surface area contributed by atoms with Gasteiger partial charge in [-0.1, -0.05) is 11.6 Å². The fraction of sp³-hybridized carbons (Fsp3) is 0.462. The highest BCUT2D eigenvalue weighted by Crippen LogP contribution is 2.07. The van der Waals surface area contributed by atoms with E-state index in [1.54, 1.807) is 35.2 Å². The van der Waals surface area contributed by atoms with Crippen LogP contribution in [0.1, 0.15) is 19.0 Å². The van der Waals surface area contributed by atoms with Crippen LogP contribution in [0.5, 0.6) is 0 Å². The molecule has 2 aromatic rings. The maximum absolute atomic E-state index is 12.1. The van der Waals surface area contributed by atoms with Crippen LogP contribution in [0, 0.1) is 0 Å². The van der Waals surface area contributed by atoms with Crippen molar-refractivity contribution in [2.75, 3.05) is 7.05 Å². The van der Waals surface area contributed by atoms with E-state index in [9.17, 15) is 4.79 Å². The summed E-state index contributed by atoms with van der Waals surface area (Å²) in [6, 6.07) is 1.93. The Balaban J connectivity index is 1.86. The molecule has 6 nitrogen and oxygen atoms in total. The highest BCUT2D eigenvalue weighted by atomic mass is 35.5. The van der Waals surface area contributed by atoms with E-state index in [2.05, 4.69) is 10.2 Å². The van der Waals surface area contributed by atoms with Gasteiger partial charge in [0.25, 0.3) is 0 Å². The third-order valence-corrected chi connectivity index (χ3v) is 3.28. The molecule has 0 aliphatic carbocycles. The number of aromatic nitrogens is 4. The summed E-state index contributed by atoms with van der Waals surface area (Å²) in [6.07, 6.45) is 5.42. The molecule has 0 fully saturated rings. The minimum absolute atomic E-state index is 0.0699. The SMILES string of the molecule is CCn1nccc1CN(C)C(=O)CCn1cc(Cl)cn1. The van der Waals surface area contributed by atoms with E-state index in [0.717, 1.165) is 12.2 Å². The monoisotopic (exact) mass is 295 g/mol. The Hall–Kier alpha value is -1.82. The molecule has 0 unspecified atom stereocenters. The minimum Gasteiger partial charge on any atom is -0.340 e. The van der Waals surface area contributed by atoms with Crippen LogP contribution < -0.4 is 0 Å². The average Bonchev–Trinajstić information content (AvgIpc) is 3.04. The van der Waals surface area contributed by atoms with Gasteiger partial charge in [0, 0.05) is 39.0 Å². The number of carbonyl (C=O) groups is 1. The number of hydrogen-bond acceptors (Lipinski definition) is 3. The molecule has 0 aliphatic rings. The smallest absolute Gasteiger partial charge is 0.224 e. The van der Waals surface area contributed by atoms with Crippen LogP contribution >= 0.6 is 11.6 Å². The summed E-state index contributed by atoms with van der Waals surface area (Å²) in [7, 11) is 1.80. The lowest BCUT2D eigenvalue weighted by atomic mass is 10.3. The second-order valence-electron chi connectivity index (χ2n) is 4.56. The first-order valence-electron chi connectivity index (χ1n) is 6.52. The molecule has 2 rings (SSSR count). The second-order valence-corrected chi connectivity index (χ2v) is 5.00. The van der Waals surface area contributed by atoms with Crippen molar-refractivity contribution in [1.29, 1.82) is 0 Å². The van der Waals surface area contributed by atoms with Crippen molar-refractivity contribution in [2.24, 2.45) is 0 Å². The van der Waals surface area contributed by atoms with Crippen molar-refractivity contribution < 1.29 is 4.79 Å². The molecule has 0 aliphatic heterocycles. The zero-order chi connectivity index (χ0) is 14.5. The Morgan fingerprint density at radius 2 is 2.25 bits per heavy atom. The number of aryl methyl sites for hydroxylation is 2. The quantitative estimate of drug-likeness (QED) is 0.816. The summed E-state index contributed by atoms with van der Waals surface area (Å²) in [5, 5.41) is 8.82. The molecule has 20 heavy (non-hydrogen) atoms. The predicted octanol–water partition coefficient (Wildman–Crippen LogP) is 1.80. The van der Waals surface area contributed by atoms with Gasteiger partial charge in [0.05, 0.1) is 23.5 Å². The predicted molar refractivity (Wildman–Crippen MR) is 76.2 cm³/mol. The molecule has 0 radical (unpaired) electrons. The van der Waals surface area contributed by atoms with Crippen LogP contribution in [-0.4, -0.2) is 37.4 Å². The van der Waals surface area contributed by atoms with E-state index in [1.165, 1.54) is 0 Å². The number of hydrogen-bond donors (Lipinski definition) is 0. The maximum Gasteiger partial charge on any atom is 0.224 e. The Morgan fingerprint density at radius 3 is 2.90 bits per heavy atom. The van der Waals surface area contributed by atoms with Gasteiger partial charge in [0.1, 0.15) is 0 Å². The van der Waals surface area contributed by atoms with Gasteiger partial charge in [-0.2, -0.15) is 10.2 Å². The molecule has 0 atom stereocenters. The van der Waals surface area contributed by atoms with E-state index >= 15 is 0 Å². The highest BCUT2D eigenvalue weighted by molar-refractivity contribution is 6.30. The van der Waals surface area contributed by atoms with E-state index in [-0.39, 0.29) is 5.91 Å². The lowest BCUT2D eigenvalue weighted by molar-refractivity contribution is -0.130. The van der Waals surface area contributed by atoms with Gasteiger partial charge in [0.2, 0.25) is 5.91 Å². The van der Waals surface area contributed by atoms with Gasteiger partial charge in [-0.05, 0) is 13.0 Å². The molecule has 0 N–H and O–H groups in total. The number of nitrogens with zero attached hydrogens (tertiary/aromatic N) is 5. The van der Waals surface area contributed by atoms with Gasteiger partial charge >= 0.3 is 0 Å². The third-order valence-electron chi connectivity index (χ3n) is 3.09. The van der Waals surface area contributed by atoms with Gasteiger partial charge < -0.3 is 4.90 Å². The average molecular weight is 296 g/mol. The summed E-state index contributed by atoms with van der Waals surface area (Å²) < 4.78 is 3.56. The fourth-order valence-electron chi connectivity index (χ4n) is 1.97. The second kappa shape index (κ2) is 6.56. The Kier molecular flexibility index (Phi) is 4.79. The van der Waals surface area contributed by atoms with Crippen LogP contribution in [0.2, 0.25) is 5.02 Å². The zero-order valence-electron chi connectivity index (χ0n) is 11.7. The van der Waals surface area contributed by atoms with Crippen molar-refractivity contribution in [2.45, 2.75) is 33.0 Å². The molecule has 0 saturated carbocycles. The summed E-state index contributed by atoms with van der Waals surface area (Å²) in [5.74, 6) is 0.0699. The van der Waals surface area contributed by atoms with Crippen LogP contribution in [-0.2, 0) is 24.4 Å². The number of halogens is 1. The molecule has 0 aromatic carbocycles. The van der Waals surface area contributed by atoms with Crippen molar-refractivity contribution in [3.05, 3.63) is 35.4 Å². The van der Waals surface area contributed by atoms with Gasteiger partial charge in [-0.15, -0.1) is 0 Å². The van der Waals surface area contributed by atoms with E-state index in [4.69, 9.17) is 11.6 Å². The Labute approximate surface area is 122 Å². The first-order valence-corrected chi connectivity index (χ1v) is 6.90. The molecule has 1 amide bonds. The van der Waals surface area contributed by atoms with Gasteiger partial charge in [-0.25, -0.2) is 0 Å². The van der Waals surface area contributed by atoms with E-state index in [1.807, 2.05) is 17.7 Å². The highest BCUT2D eigenvalue weighted by Gasteiger charge is 2.12. The van der Waals surface area contributed by atoms with Crippen molar-refractivity contribution >= 4 is 17.5 Å². The topological polar surface area (TPSA) is 56.0 Å². The van der Waals surface area contributed by atoms with Crippen LogP contribution in [0.15, 0.2) is 24.7 Å². The first kappa shape index (κ1) is 14.6. The van der Waals surface area contributed by atoms with Crippen LogP contribution in [0.3, 0.4) is 0 Å².